The van der Waals surface area contributed by atoms with Crippen molar-refractivity contribution in [3.05, 3.63) is 58.9 Å². The zero-order valence-electron chi connectivity index (χ0n) is 12.8. The van der Waals surface area contributed by atoms with E-state index in [4.69, 9.17) is 11.6 Å². The Morgan fingerprint density at radius 3 is 2.82 bits per heavy atom. The molecule has 0 aliphatic rings. The first-order valence-corrected chi connectivity index (χ1v) is 7.66. The van der Waals surface area contributed by atoms with Crippen LogP contribution in [0.15, 0.2) is 42.7 Å². The average Bonchev–Trinajstić information content (AvgIpc) is 2.47. The number of pyridine rings is 1. The van der Waals surface area contributed by atoms with Crippen LogP contribution in [0.5, 0.6) is 0 Å². The van der Waals surface area contributed by atoms with Crippen molar-refractivity contribution >= 4 is 23.2 Å². The van der Waals surface area contributed by atoms with Gasteiger partial charge in [0.2, 0.25) is 0 Å². The molecule has 5 heteroatoms. The third-order valence-corrected chi connectivity index (χ3v) is 3.29. The predicted octanol–water partition coefficient (Wildman–Crippen LogP) is 3.53. The third-order valence-electron chi connectivity index (χ3n) is 3.05. The summed E-state index contributed by atoms with van der Waals surface area (Å²) in [6.07, 6.45) is 4.13. The fourth-order valence-corrected chi connectivity index (χ4v) is 2.26. The Balaban J connectivity index is 1.92. The number of halogens is 1. The van der Waals surface area contributed by atoms with Crippen LogP contribution >= 0.6 is 11.6 Å². The van der Waals surface area contributed by atoms with Crippen molar-refractivity contribution < 1.29 is 4.79 Å². The van der Waals surface area contributed by atoms with E-state index in [1.165, 1.54) is 5.56 Å². The quantitative estimate of drug-likeness (QED) is 0.857. The smallest absolute Gasteiger partial charge is 0.253 e. The number of rotatable bonds is 6. The molecule has 22 heavy (non-hydrogen) atoms. The number of anilines is 1. The van der Waals surface area contributed by atoms with Crippen molar-refractivity contribution in [1.82, 2.24) is 10.3 Å². The van der Waals surface area contributed by atoms with Crippen LogP contribution in [0.25, 0.3) is 0 Å². The van der Waals surface area contributed by atoms with E-state index in [0.717, 1.165) is 23.7 Å². The van der Waals surface area contributed by atoms with Gasteiger partial charge in [-0.15, -0.1) is 0 Å². The van der Waals surface area contributed by atoms with E-state index < -0.39 is 0 Å². The molecular formula is C17H20ClN3O. The van der Waals surface area contributed by atoms with Crippen molar-refractivity contribution in [1.29, 1.82) is 0 Å². The van der Waals surface area contributed by atoms with Crippen LogP contribution in [0.3, 0.4) is 0 Å². The van der Waals surface area contributed by atoms with Crippen LogP contribution < -0.4 is 10.6 Å². The summed E-state index contributed by atoms with van der Waals surface area (Å²) in [6, 6.07) is 9.71. The number of carbonyl (C=O) groups excluding carboxylic acids is 1. The maximum atomic E-state index is 11.9. The highest BCUT2D eigenvalue weighted by Crippen LogP contribution is 2.12. The van der Waals surface area contributed by atoms with Crippen LogP contribution in [0.2, 0.25) is 5.02 Å². The molecule has 0 fully saturated rings. The highest BCUT2D eigenvalue weighted by molar-refractivity contribution is 6.30. The predicted molar refractivity (Wildman–Crippen MR) is 90.5 cm³/mol. The van der Waals surface area contributed by atoms with Gasteiger partial charge in [0.15, 0.2) is 0 Å². The Morgan fingerprint density at radius 1 is 1.27 bits per heavy atom. The van der Waals surface area contributed by atoms with Crippen molar-refractivity contribution in [2.45, 2.75) is 26.3 Å². The van der Waals surface area contributed by atoms with E-state index in [0.29, 0.717) is 5.56 Å². The van der Waals surface area contributed by atoms with E-state index >= 15 is 0 Å². The maximum Gasteiger partial charge on any atom is 0.253 e. The van der Waals surface area contributed by atoms with Crippen molar-refractivity contribution in [3.63, 3.8) is 0 Å². The molecule has 1 aromatic heterocycles. The number of nitrogens with zero attached hydrogens (tertiary/aromatic N) is 1. The fraction of sp³-hybridized carbons (Fsp3) is 0.294. The highest BCUT2D eigenvalue weighted by atomic mass is 35.5. The Kier molecular flexibility index (Phi) is 5.78. The van der Waals surface area contributed by atoms with Crippen molar-refractivity contribution in [2.24, 2.45) is 0 Å². The lowest BCUT2D eigenvalue weighted by Gasteiger charge is -2.10. The standard InChI is InChI=1S/C17H20ClN3O/c1-12(2)21-17(22)14-9-16(11-19-10-14)20-7-6-13-4-3-5-15(18)8-13/h3-5,8-12,20H,6-7H2,1-2H3,(H,21,22). The van der Waals surface area contributed by atoms with Crippen LogP contribution in [0.4, 0.5) is 5.69 Å². The normalized spacial score (nSPS) is 10.5. The first kappa shape index (κ1) is 16.3. The van der Waals surface area contributed by atoms with E-state index in [-0.39, 0.29) is 11.9 Å². The summed E-state index contributed by atoms with van der Waals surface area (Å²) in [4.78, 5) is 16.1. The molecule has 0 bridgehead atoms. The van der Waals surface area contributed by atoms with Crippen LogP contribution in [-0.2, 0) is 6.42 Å². The Bertz CT molecular complexity index is 643. The van der Waals surface area contributed by atoms with E-state index in [1.54, 1.807) is 12.4 Å². The molecule has 2 rings (SSSR count). The lowest BCUT2D eigenvalue weighted by atomic mass is 10.1. The lowest BCUT2D eigenvalue weighted by Crippen LogP contribution is -2.30. The molecule has 1 aromatic carbocycles. The van der Waals surface area contributed by atoms with Gasteiger partial charge in [-0.3, -0.25) is 9.78 Å². The minimum absolute atomic E-state index is 0.104. The number of amides is 1. The summed E-state index contributed by atoms with van der Waals surface area (Å²) in [6.45, 7) is 4.61. The highest BCUT2D eigenvalue weighted by Gasteiger charge is 2.07. The largest absolute Gasteiger partial charge is 0.383 e. The SMILES string of the molecule is CC(C)NC(=O)c1cncc(NCCc2cccc(Cl)c2)c1. The number of aromatic nitrogens is 1. The Morgan fingerprint density at radius 2 is 2.09 bits per heavy atom. The van der Waals surface area contributed by atoms with E-state index in [1.807, 2.05) is 44.2 Å². The minimum atomic E-state index is -0.110. The van der Waals surface area contributed by atoms with Gasteiger partial charge in [-0.1, -0.05) is 23.7 Å². The summed E-state index contributed by atoms with van der Waals surface area (Å²) < 4.78 is 0. The van der Waals surface area contributed by atoms with Gasteiger partial charge in [0, 0.05) is 30.0 Å². The summed E-state index contributed by atoms with van der Waals surface area (Å²) in [5.41, 5.74) is 2.56. The number of hydrogen-bond acceptors (Lipinski definition) is 3. The minimum Gasteiger partial charge on any atom is -0.383 e. The summed E-state index contributed by atoms with van der Waals surface area (Å²) >= 11 is 5.96. The molecule has 0 aliphatic carbocycles. The van der Waals surface area contributed by atoms with Crippen LogP contribution in [-0.4, -0.2) is 23.5 Å². The van der Waals surface area contributed by atoms with Gasteiger partial charge >= 0.3 is 0 Å². The molecule has 1 amide bonds. The second-order valence-electron chi connectivity index (χ2n) is 5.40. The van der Waals surface area contributed by atoms with Gasteiger partial charge < -0.3 is 10.6 Å². The van der Waals surface area contributed by atoms with Gasteiger partial charge in [0.1, 0.15) is 0 Å². The monoisotopic (exact) mass is 317 g/mol. The van der Waals surface area contributed by atoms with Gasteiger partial charge in [0.25, 0.3) is 5.91 Å². The lowest BCUT2D eigenvalue weighted by molar-refractivity contribution is 0.0943. The first-order valence-electron chi connectivity index (χ1n) is 7.29. The summed E-state index contributed by atoms with van der Waals surface area (Å²) in [5.74, 6) is -0.110. The van der Waals surface area contributed by atoms with E-state index in [9.17, 15) is 4.79 Å². The molecule has 0 aliphatic heterocycles. The molecule has 0 atom stereocenters. The Hall–Kier alpha value is -2.07. The van der Waals surface area contributed by atoms with Gasteiger partial charge in [-0.2, -0.15) is 0 Å². The number of hydrogen-bond donors (Lipinski definition) is 2. The van der Waals surface area contributed by atoms with Gasteiger partial charge in [0.05, 0.1) is 11.3 Å². The molecule has 0 saturated carbocycles. The van der Waals surface area contributed by atoms with E-state index in [2.05, 4.69) is 15.6 Å². The zero-order chi connectivity index (χ0) is 15.9. The zero-order valence-corrected chi connectivity index (χ0v) is 13.5. The molecule has 0 saturated heterocycles. The maximum absolute atomic E-state index is 11.9. The molecule has 0 radical (unpaired) electrons. The molecule has 1 heterocycles. The second-order valence-corrected chi connectivity index (χ2v) is 5.83. The molecule has 116 valence electrons. The van der Waals surface area contributed by atoms with Crippen LogP contribution in [0, 0.1) is 0 Å². The summed E-state index contributed by atoms with van der Waals surface area (Å²) in [5, 5.41) is 6.87. The average molecular weight is 318 g/mol. The van der Waals surface area contributed by atoms with Crippen molar-refractivity contribution in [3.8, 4) is 0 Å². The third kappa shape index (κ3) is 5.04. The van der Waals surface area contributed by atoms with Gasteiger partial charge in [-0.25, -0.2) is 0 Å². The molecule has 0 spiro atoms. The number of carbonyl (C=O) groups is 1. The first-order chi connectivity index (χ1) is 10.5. The summed E-state index contributed by atoms with van der Waals surface area (Å²) in [7, 11) is 0. The topological polar surface area (TPSA) is 54.0 Å². The molecule has 2 aromatic rings. The number of benzene rings is 1. The second kappa shape index (κ2) is 7.80. The molecule has 0 unspecified atom stereocenters. The molecule has 2 N–H and O–H groups in total. The molecule has 4 nitrogen and oxygen atoms in total. The van der Waals surface area contributed by atoms with Crippen LogP contribution in [0.1, 0.15) is 29.8 Å². The van der Waals surface area contributed by atoms with Gasteiger partial charge in [-0.05, 0) is 44.0 Å². The molecular weight excluding hydrogens is 298 g/mol. The number of nitrogens with one attached hydrogen (secondary N) is 2. The van der Waals surface area contributed by atoms with Crippen molar-refractivity contribution in [2.75, 3.05) is 11.9 Å². The fourth-order valence-electron chi connectivity index (χ4n) is 2.05. The Labute approximate surface area is 135 Å².